The van der Waals surface area contributed by atoms with Gasteiger partial charge in [0.15, 0.2) is 5.96 Å². The Bertz CT molecular complexity index is 510. The van der Waals surface area contributed by atoms with Crippen LogP contribution in [0.3, 0.4) is 0 Å². The summed E-state index contributed by atoms with van der Waals surface area (Å²) in [6.07, 6.45) is 5.14. The summed E-state index contributed by atoms with van der Waals surface area (Å²) in [6, 6.07) is 5.30. The molecule has 3 N–H and O–H groups in total. The number of nitrogens with one attached hydrogen (secondary N) is 3. The lowest BCUT2D eigenvalue weighted by molar-refractivity contribution is 0.255. The van der Waals surface area contributed by atoms with Gasteiger partial charge in [-0.1, -0.05) is 24.1 Å². The number of rotatable bonds is 2. The summed E-state index contributed by atoms with van der Waals surface area (Å²) >= 11 is 0. The molecular weight excluding hydrogens is 240 g/mol. The third kappa shape index (κ3) is 4.03. The Hall–Kier alpha value is -2.48. The monoisotopic (exact) mass is 258 g/mol. The molecule has 0 aliphatic heterocycles. The number of carbonyl (C=O) groups excluding carboxylic acids is 1. The van der Waals surface area contributed by atoms with Gasteiger partial charge in [0.1, 0.15) is 0 Å². The van der Waals surface area contributed by atoms with E-state index >= 15 is 0 Å². The van der Waals surface area contributed by atoms with Gasteiger partial charge in [-0.05, 0) is 25.0 Å². The maximum atomic E-state index is 11.8. The highest BCUT2D eigenvalue weighted by molar-refractivity contribution is 6.02. The molecule has 2 amide bonds. The predicted octanol–water partition coefficient (Wildman–Crippen LogP) is 1.92. The summed E-state index contributed by atoms with van der Waals surface area (Å²) in [6.45, 7) is 4.10. The Balaban J connectivity index is 2.66. The van der Waals surface area contributed by atoms with Crippen LogP contribution in [0.25, 0.3) is 0 Å². The number of benzene rings is 1. The third-order valence-electron chi connectivity index (χ3n) is 2.66. The second kappa shape index (κ2) is 6.45. The fourth-order valence-corrected chi connectivity index (χ4v) is 1.58. The summed E-state index contributed by atoms with van der Waals surface area (Å²) in [5.74, 6) is 2.36. The molecule has 1 aromatic rings. The second-order valence-corrected chi connectivity index (χ2v) is 4.25. The standard InChI is InChI=1S/C14H18N4O/c1-5-9-18(4)13(15)17-14(19)16-12-10(2)7-6-8-11(12)3/h1,6-8H,9H2,2-4H3,(H3,15,16,17,19). The minimum atomic E-state index is -0.453. The van der Waals surface area contributed by atoms with Gasteiger partial charge in [-0.3, -0.25) is 10.7 Å². The fraction of sp³-hybridized carbons (Fsp3) is 0.286. The smallest absolute Gasteiger partial charge is 0.326 e. The molecule has 19 heavy (non-hydrogen) atoms. The van der Waals surface area contributed by atoms with Gasteiger partial charge >= 0.3 is 6.03 Å². The molecule has 1 aromatic carbocycles. The molecule has 0 bridgehead atoms. The van der Waals surface area contributed by atoms with Crippen molar-refractivity contribution in [3.05, 3.63) is 29.3 Å². The summed E-state index contributed by atoms with van der Waals surface area (Å²) in [5, 5.41) is 12.8. The fourth-order valence-electron chi connectivity index (χ4n) is 1.58. The zero-order valence-corrected chi connectivity index (χ0v) is 11.4. The van der Waals surface area contributed by atoms with Gasteiger partial charge < -0.3 is 10.2 Å². The minimum Gasteiger partial charge on any atom is -0.335 e. The molecule has 1 rings (SSSR count). The molecule has 0 spiro atoms. The van der Waals surface area contributed by atoms with Crippen LogP contribution < -0.4 is 10.6 Å². The van der Waals surface area contributed by atoms with Crippen molar-refractivity contribution >= 4 is 17.7 Å². The molecule has 100 valence electrons. The summed E-state index contributed by atoms with van der Waals surface area (Å²) in [4.78, 5) is 13.3. The van der Waals surface area contributed by atoms with Crippen molar-refractivity contribution in [3.8, 4) is 12.3 Å². The van der Waals surface area contributed by atoms with E-state index in [-0.39, 0.29) is 12.5 Å². The molecule has 0 saturated heterocycles. The van der Waals surface area contributed by atoms with Crippen molar-refractivity contribution in [1.82, 2.24) is 10.2 Å². The maximum absolute atomic E-state index is 11.8. The van der Waals surface area contributed by atoms with Crippen LogP contribution >= 0.6 is 0 Å². The Morgan fingerprint density at radius 2 is 2.00 bits per heavy atom. The molecule has 0 radical (unpaired) electrons. The van der Waals surface area contributed by atoms with E-state index < -0.39 is 6.03 Å². The molecule has 0 heterocycles. The lowest BCUT2D eigenvalue weighted by Crippen LogP contribution is -2.43. The molecule has 0 aliphatic carbocycles. The molecule has 0 fully saturated rings. The van der Waals surface area contributed by atoms with Crippen LogP contribution in [0, 0.1) is 31.6 Å². The van der Waals surface area contributed by atoms with Gasteiger partial charge in [-0.2, -0.15) is 0 Å². The first-order valence-electron chi connectivity index (χ1n) is 5.83. The maximum Gasteiger partial charge on any atom is 0.326 e. The third-order valence-corrected chi connectivity index (χ3v) is 2.66. The average Bonchev–Trinajstić information content (AvgIpc) is 2.34. The highest BCUT2D eigenvalue weighted by atomic mass is 16.2. The Morgan fingerprint density at radius 3 is 2.53 bits per heavy atom. The van der Waals surface area contributed by atoms with Crippen molar-refractivity contribution in [2.45, 2.75) is 13.8 Å². The largest absolute Gasteiger partial charge is 0.335 e. The molecule has 5 heteroatoms. The van der Waals surface area contributed by atoms with Crippen LogP contribution in [-0.2, 0) is 0 Å². The summed E-state index contributed by atoms with van der Waals surface area (Å²) in [5.41, 5.74) is 2.70. The Labute approximate surface area is 113 Å². The van der Waals surface area contributed by atoms with Crippen LogP contribution in [0.5, 0.6) is 0 Å². The summed E-state index contributed by atoms with van der Waals surface area (Å²) < 4.78 is 0. The van der Waals surface area contributed by atoms with Crippen LogP contribution in [0.15, 0.2) is 18.2 Å². The van der Waals surface area contributed by atoms with E-state index in [2.05, 4.69) is 16.6 Å². The quantitative estimate of drug-likeness (QED) is 0.431. The highest BCUT2D eigenvalue weighted by Gasteiger charge is 2.10. The van der Waals surface area contributed by atoms with E-state index in [1.54, 1.807) is 7.05 Å². The van der Waals surface area contributed by atoms with Gasteiger partial charge in [0.25, 0.3) is 0 Å². The number of carbonyl (C=O) groups is 1. The summed E-state index contributed by atoms with van der Waals surface area (Å²) in [7, 11) is 1.64. The first-order chi connectivity index (χ1) is 8.95. The number of amides is 2. The topological polar surface area (TPSA) is 68.2 Å². The normalized spacial score (nSPS) is 9.37. The van der Waals surface area contributed by atoms with Crippen LogP contribution in [0.1, 0.15) is 11.1 Å². The SMILES string of the molecule is C#CCN(C)C(=N)NC(=O)Nc1c(C)cccc1C. The Morgan fingerprint density at radius 1 is 1.42 bits per heavy atom. The van der Waals surface area contributed by atoms with Crippen LogP contribution in [0.2, 0.25) is 0 Å². The van der Waals surface area contributed by atoms with E-state index in [1.165, 1.54) is 4.90 Å². The van der Waals surface area contributed by atoms with Gasteiger partial charge in [0, 0.05) is 12.7 Å². The first kappa shape index (κ1) is 14.6. The highest BCUT2D eigenvalue weighted by Crippen LogP contribution is 2.18. The van der Waals surface area contributed by atoms with Crippen molar-refractivity contribution in [2.75, 3.05) is 18.9 Å². The zero-order valence-electron chi connectivity index (χ0n) is 11.4. The van der Waals surface area contributed by atoms with Gasteiger partial charge in [-0.25, -0.2) is 4.79 Å². The lowest BCUT2D eigenvalue weighted by Gasteiger charge is -2.18. The molecule has 5 nitrogen and oxygen atoms in total. The Kier molecular flexibility index (Phi) is 4.95. The number of terminal acetylenes is 1. The number of aryl methyl sites for hydroxylation is 2. The molecular formula is C14H18N4O. The zero-order chi connectivity index (χ0) is 14.4. The molecule has 0 unspecified atom stereocenters. The number of guanidine groups is 1. The number of urea groups is 1. The van der Waals surface area contributed by atoms with Crippen molar-refractivity contribution in [1.29, 1.82) is 5.41 Å². The van der Waals surface area contributed by atoms with Gasteiger partial charge in [0.05, 0.1) is 6.54 Å². The van der Waals surface area contributed by atoms with E-state index in [0.717, 1.165) is 16.8 Å². The number of hydrogen-bond acceptors (Lipinski definition) is 2. The van der Waals surface area contributed by atoms with E-state index in [0.29, 0.717) is 0 Å². The molecule has 0 aliphatic rings. The predicted molar refractivity (Wildman–Crippen MR) is 77.3 cm³/mol. The molecule has 0 aromatic heterocycles. The van der Waals surface area contributed by atoms with Crippen molar-refractivity contribution in [3.63, 3.8) is 0 Å². The van der Waals surface area contributed by atoms with Crippen molar-refractivity contribution in [2.24, 2.45) is 0 Å². The van der Waals surface area contributed by atoms with E-state index in [4.69, 9.17) is 11.8 Å². The number of anilines is 1. The van der Waals surface area contributed by atoms with Gasteiger partial charge in [0.2, 0.25) is 0 Å². The van der Waals surface area contributed by atoms with Crippen molar-refractivity contribution < 1.29 is 4.79 Å². The average molecular weight is 258 g/mol. The van der Waals surface area contributed by atoms with Crippen LogP contribution in [-0.4, -0.2) is 30.5 Å². The number of nitrogens with zero attached hydrogens (tertiary/aromatic N) is 1. The number of hydrogen-bond donors (Lipinski definition) is 3. The first-order valence-corrected chi connectivity index (χ1v) is 5.83. The van der Waals surface area contributed by atoms with Gasteiger partial charge in [-0.15, -0.1) is 6.42 Å². The minimum absolute atomic E-state index is 0.0401. The van der Waals surface area contributed by atoms with E-state index in [9.17, 15) is 4.79 Å². The van der Waals surface area contributed by atoms with E-state index in [1.807, 2.05) is 32.0 Å². The van der Waals surface area contributed by atoms with Crippen LogP contribution in [0.4, 0.5) is 10.5 Å². The lowest BCUT2D eigenvalue weighted by atomic mass is 10.1. The second-order valence-electron chi connectivity index (χ2n) is 4.25. The number of para-hydroxylation sites is 1. The molecule has 0 saturated carbocycles. The molecule has 0 atom stereocenters.